The second-order valence-corrected chi connectivity index (χ2v) is 11.4. The van der Waals surface area contributed by atoms with Crippen LogP contribution in [0.2, 0.25) is 5.02 Å². The van der Waals surface area contributed by atoms with Gasteiger partial charge in [-0.15, -0.1) is 10.2 Å². The van der Waals surface area contributed by atoms with Gasteiger partial charge in [0, 0.05) is 37.6 Å². The molecule has 2 aromatic rings. The Morgan fingerprint density at radius 3 is 2.36 bits per heavy atom. The maximum Gasteiger partial charge on any atom is 0.240 e. The molecule has 1 N–H and O–H groups in total. The fourth-order valence-corrected chi connectivity index (χ4v) is 5.34. The molecule has 0 unspecified atom stereocenters. The zero-order chi connectivity index (χ0) is 23.6. The van der Waals surface area contributed by atoms with E-state index in [1.165, 1.54) is 12.4 Å². The van der Waals surface area contributed by atoms with Crippen molar-refractivity contribution in [3.63, 3.8) is 0 Å². The fourth-order valence-electron chi connectivity index (χ4n) is 4.15. The molecule has 2 atom stereocenters. The predicted octanol–water partition coefficient (Wildman–Crippen LogP) is 3.64. The molecule has 0 bridgehead atoms. The number of anilines is 1. The van der Waals surface area contributed by atoms with Crippen LogP contribution in [0.5, 0.6) is 0 Å². The molecular formula is C21H31ClN6O4S. The lowest BCUT2D eigenvalue weighted by Gasteiger charge is -2.31. The van der Waals surface area contributed by atoms with Crippen LogP contribution in [0.3, 0.4) is 0 Å². The number of aromatic nitrogens is 5. The van der Waals surface area contributed by atoms with Crippen molar-refractivity contribution in [1.82, 2.24) is 24.7 Å². The van der Waals surface area contributed by atoms with Crippen LogP contribution in [-0.4, -0.2) is 57.7 Å². The van der Waals surface area contributed by atoms with Crippen LogP contribution in [0.15, 0.2) is 12.4 Å². The molecule has 182 valence electrons. The first-order chi connectivity index (χ1) is 15.8. The first-order valence-corrected chi connectivity index (χ1v) is 13.4. The minimum atomic E-state index is -3.92. The Hall–Kier alpha value is -1.82. The highest BCUT2D eigenvalue weighted by atomic mass is 35.5. The van der Waals surface area contributed by atoms with E-state index in [1.807, 2.05) is 18.4 Å². The summed E-state index contributed by atoms with van der Waals surface area (Å²) in [7, 11) is -3.92. The van der Waals surface area contributed by atoms with E-state index in [1.54, 1.807) is 6.92 Å². The van der Waals surface area contributed by atoms with Crippen LogP contribution in [-0.2, 0) is 19.5 Å². The van der Waals surface area contributed by atoms with E-state index < -0.39 is 21.4 Å². The van der Waals surface area contributed by atoms with Gasteiger partial charge in [0.05, 0.1) is 11.1 Å². The Balaban J connectivity index is 1.62. The summed E-state index contributed by atoms with van der Waals surface area (Å²) in [6.45, 7) is 6.52. The Bertz CT molecular complexity index is 1040. The Morgan fingerprint density at radius 2 is 1.79 bits per heavy atom. The standard InChI is InChI=1S/C21H31ClN6O4S/c1-13(2)32-18(19-23-11-16(22)12-24-19)14(3)33(29,30)27-21-26-25-20(15-5-4-6-15)28(21)17-7-9-31-10-8-17/h11-15,17-18H,4-10H2,1-3H3,(H,26,27)/t14-,18+/m0/s1. The van der Waals surface area contributed by atoms with Crippen molar-refractivity contribution in [1.29, 1.82) is 0 Å². The van der Waals surface area contributed by atoms with Gasteiger partial charge < -0.3 is 9.47 Å². The van der Waals surface area contributed by atoms with E-state index in [2.05, 4.69) is 24.9 Å². The van der Waals surface area contributed by atoms with Crippen LogP contribution in [0.25, 0.3) is 0 Å². The highest BCUT2D eigenvalue weighted by molar-refractivity contribution is 7.93. The second-order valence-electron chi connectivity index (χ2n) is 8.94. The lowest BCUT2D eigenvalue weighted by Crippen LogP contribution is -2.35. The van der Waals surface area contributed by atoms with Gasteiger partial charge >= 0.3 is 0 Å². The Morgan fingerprint density at radius 1 is 1.12 bits per heavy atom. The number of sulfonamides is 1. The molecule has 33 heavy (non-hydrogen) atoms. The summed E-state index contributed by atoms with van der Waals surface area (Å²) in [4.78, 5) is 8.41. The predicted molar refractivity (Wildman–Crippen MR) is 124 cm³/mol. The number of hydrogen-bond acceptors (Lipinski definition) is 8. The number of rotatable bonds is 9. The van der Waals surface area contributed by atoms with Crippen molar-refractivity contribution < 1.29 is 17.9 Å². The molecule has 1 aliphatic carbocycles. The molecule has 1 saturated carbocycles. The van der Waals surface area contributed by atoms with Crippen molar-refractivity contribution >= 4 is 27.6 Å². The van der Waals surface area contributed by atoms with Gasteiger partial charge in [0.25, 0.3) is 0 Å². The van der Waals surface area contributed by atoms with Crippen molar-refractivity contribution in [3.8, 4) is 0 Å². The average molecular weight is 499 g/mol. The maximum absolute atomic E-state index is 13.5. The van der Waals surface area contributed by atoms with Gasteiger partial charge in [-0.25, -0.2) is 18.4 Å². The van der Waals surface area contributed by atoms with Gasteiger partial charge in [-0.3, -0.25) is 9.29 Å². The van der Waals surface area contributed by atoms with Crippen molar-refractivity contribution in [2.24, 2.45) is 0 Å². The summed E-state index contributed by atoms with van der Waals surface area (Å²) in [5, 5.41) is 8.02. The molecule has 2 fully saturated rings. The number of nitrogens with zero attached hydrogens (tertiary/aromatic N) is 5. The van der Waals surface area contributed by atoms with Crippen molar-refractivity contribution in [2.45, 2.75) is 82.3 Å². The summed E-state index contributed by atoms with van der Waals surface area (Å²) < 4.78 is 43.1. The highest BCUT2D eigenvalue weighted by Gasteiger charge is 2.37. The van der Waals surface area contributed by atoms with E-state index >= 15 is 0 Å². The number of nitrogens with one attached hydrogen (secondary N) is 1. The monoisotopic (exact) mass is 498 g/mol. The largest absolute Gasteiger partial charge is 0.381 e. The van der Waals surface area contributed by atoms with Gasteiger partial charge in [0.2, 0.25) is 16.0 Å². The first-order valence-electron chi connectivity index (χ1n) is 11.4. The molecule has 0 aromatic carbocycles. The Kier molecular flexibility index (Phi) is 7.52. The molecule has 1 saturated heterocycles. The molecule has 3 heterocycles. The molecule has 12 heteroatoms. The quantitative estimate of drug-likeness (QED) is 0.556. The van der Waals surface area contributed by atoms with Crippen molar-refractivity contribution in [3.05, 3.63) is 29.1 Å². The first kappa shape index (κ1) is 24.3. The van der Waals surface area contributed by atoms with Crippen LogP contribution in [0.4, 0.5) is 5.95 Å². The minimum absolute atomic E-state index is 0.0969. The topological polar surface area (TPSA) is 121 Å². The van der Waals surface area contributed by atoms with E-state index in [9.17, 15) is 8.42 Å². The molecular weight excluding hydrogens is 468 g/mol. The second kappa shape index (κ2) is 10.2. The van der Waals surface area contributed by atoms with E-state index in [0.29, 0.717) is 24.2 Å². The lowest BCUT2D eigenvalue weighted by molar-refractivity contribution is 0.00154. The maximum atomic E-state index is 13.5. The zero-order valence-electron chi connectivity index (χ0n) is 19.1. The van der Waals surface area contributed by atoms with Crippen molar-refractivity contribution in [2.75, 3.05) is 17.9 Å². The molecule has 0 spiro atoms. The van der Waals surface area contributed by atoms with Gasteiger partial charge in [-0.05, 0) is 46.5 Å². The van der Waals surface area contributed by atoms with Crippen LogP contribution in [0, 0.1) is 0 Å². The Labute approximate surface area is 199 Å². The zero-order valence-corrected chi connectivity index (χ0v) is 20.7. The van der Waals surface area contributed by atoms with Crippen LogP contribution in [0.1, 0.15) is 82.6 Å². The number of ether oxygens (including phenoxy) is 2. The van der Waals surface area contributed by atoms with Gasteiger partial charge in [0.15, 0.2) is 5.82 Å². The summed E-state index contributed by atoms with van der Waals surface area (Å²) in [6, 6.07) is 0.0969. The summed E-state index contributed by atoms with van der Waals surface area (Å²) in [5.74, 6) is 1.67. The molecule has 10 nitrogen and oxygen atoms in total. The number of halogens is 1. The average Bonchev–Trinajstić information content (AvgIpc) is 3.13. The molecule has 2 aliphatic rings. The lowest BCUT2D eigenvalue weighted by atomic mass is 9.84. The summed E-state index contributed by atoms with van der Waals surface area (Å²) in [6.07, 6.45) is 6.57. The third kappa shape index (κ3) is 5.47. The molecule has 2 aromatic heterocycles. The van der Waals surface area contributed by atoms with E-state index in [4.69, 9.17) is 21.1 Å². The molecule has 0 amide bonds. The van der Waals surface area contributed by atoms with E-state index in [0.717, 1.165) is 37.9 Å². The normalized spacial score (nSPS) is 19.9. The minimum Gasteiger partial charge on any atom is -0.381 e. The molecule has 4 rings (SSSR count). The molecule has 0 radical (unpaired) electrons. The third-order valence-corrected chi connectivity index (χ3v) is 8.10. The summed E-state index contributed by atoms with van der Waals surface area (Å²) in [5.41, 5.74) is 0. The van der Waals surface area contributed by atoms with E-state index in [-0.39, 0.29) is 23.9 Å². The van der Waals surface area contributed by atoms with Crippen LogP contribution < -0.4 is 4.72 Å². The third-order valence-electron chi connectivity index (χ3n) is 6.21. The van der Waals surface area contributed by atoms with Gasteiger partial charge in [0.1, 0.15) is 17.2 Å². The highest BCUT2D eigenvalue weighted by Crippen LogP contribution is 2.39. The fraction of sp³-hybridized carbons (Fsp3) is 0.714. The summed E-state index contributed by atoms with van der Waals surface area (Å²) >= 11 is 5.91. The SMILES string of the molecule is CC(C)O[C@@H](c1ncc(Cl)cn1)[C@H](C)S(=O)(=O)Nc1nnc(C2CCC2)n1C1CCOCC1. The van der Waals surface area contributed by atoms with Gasteiger partial charge in [-0.1, -0.05) is 18.0 Å². The molecule has 1 aliphatic heterocycles. The smallest absolute Gasteiger partial charge is 0.240 e. The van der Waals surface area contributed by atoms with Gasteiger partial charge in [-0.2, -0.15) is 0 Å². The van der Waals surface area contributed by atoms with Crippen LogP contribution >= 0.6 is 11.6 Å². The number of hydrogen-bond donors (Lipinski definition) is 1.